The fourth-order valence-corrected chi connectivity index (χ4v) is 1.85. The summed E-state index contributed by atoms with van der Waals surface area (Å²) in [4.78, 5) is 6.03. The Hall–Kier alpha value is -2.05. The van der Waals surface area contributed by atoms with Gasteiger partial charge >= 0.3 is 0 Å². The van der Waals surface area contributed by atoms with Crippen molar-refractivity contribution in [1.82, 2.24) is 4.98 Å². The van der Waals surface area contributed by atoms with Gasteiger partial charge in [0.2, 0.25) is 0 Å². The molecule has 0 saturated carbocycles. The molecule has 0 N–H and O–H groups in total. The molecule has 0 fully saturated rings. The van der Waals surface area contributed by atoms with E-state index in [-0.39, 0.29) is 0 Å². The fourth-order valence-electron chi connectivity index (χ4n) is 1.67. The molecule has 0 unspecified atom stereocenters. The first-order valence-corrected chi connectivity index (χ1v) is 5.88. The van der Waals surface area contributed by atoms with Crippen LogP contribution in [0, 0.1) is 11.3 Å². The van der Waals surface area contributed by atoms with Crippen molar-refractivity contribution in [2.24, 2.45) is 0 Å². The zero-order valence-electron chi connectivity index (χ0n) is 9.97. The van der Waals surface area contributed by atoms with Crippen LogP contribution in [0.1, 0.15) is 11.1 Å². The van der Waals surface area contributed by atoms with Gasteiger partial charge in [0.05, 0.1) is 16.7 Å². The average molecular weight is 258 g/mol. The Morgan fingerprint density at radius 3 is 2.61 bits per heavy atom. The third-order valence-electron chi connectivity index (χ3n) is 2.70. The lowest BCUT2D eigenvalue weighted by Crippen LogP contribution is -2.16. The van der Waals surface area contributed by atoms with Gasteiger partial charge in [0.25, 0.3) is 0 Å². The Morgan fingerprint density at radius 1 is 1.28 bits per heavy atom. The third-order valence-corrected chi connectivity index (χ3v) is 3.04. The lowest BCUT2D eigenvalue weighted by Gasteiger charge is -2.19. The summed E-state index contributed by atoms with van der Waals surface area (Å²) in [7, 11) is 1.98. The van der Waals surface area contributed by atoms with Crippen LogP contribution in [0.3, 0.4) is 0 Å². The minimum atomic E-state index is 0.661. The van der Waals surface area contributed by atoms with Crippen LogP contribution in [0.25, 0.3) is 0 Å². The lowest BCUT2D eigenvalue weighted by molar-refractivity contribution is 0.919. The van der Waals surface area contributed by atoms with Crippen molar-refractivity contribution in [3.63, 3.8) is 0 Å². The summed E-state index contributed by atoms with van der Waals surface area (Å²) in [5.74, 6) is 0. The highest BCUT2D eigenvalue weighted by Gasteiger charge is 2.05. The third kappa shape index (κ3) is 2.79. The van der Waals surface area contributed by atoms with E-state index in [0.29, 0.717) is 17.1 Å². The van der Waals surface area contributed by atoms with E-state index in [0.717, 1.165) is 11.3 Å². The quantitative estimate of drug-likeness (QED) is 0.847. The van der Waals surface area contributed by atoms with Crippen LogP contribution in [0.5, 0.6) is 0 Å². The summed E-state index contributed by atoms with van der Waals surface area (Å²) >= 11 is 6.07. The summed E-state index contributed by atoms with van der Waals surface area (Å²) in [6.07, 6.45) is 3.37. The molecule has 2 rings (SSSR count). The Balaban J connectivity index is 2.15. The molecule has 90 valence electrons. The van der Waals surface area contributed by atoms with Crippen LogP contribution in [0.2, 0.25) is 5.02 Å². The van der Waals surface area contributed by atoms with Gasteiger partial charge in [-0.25, -0.2) is 0 Å². The van der Waals surface area contributed by atoms with Crippen LogP contribution in [-0.4, -0.2) is 12.0 Å². The average Bonchev–Trinajstić information content (AvgIpc) is 2.41. The van der Waals surface area contributed by atoms with Gasteiger partial charge in [-0.3, -0.25) is 4.98 Å². The maximum Gasteiger partial charge on any atom is 0.0991 e. The van der Waals surface area contributed by atoms with Crippen molar-refractivity contribution in [2.45, 2.75) is 6.54 Å². The minimum Gasteiger partial charge on any atom is -0.370 e. The van der Waals surface area contributed by atoms with Crippen molar-refractivity contribution in [1.29, 1.82) is 5.26 Å². The molecule has 2 aromatic rings. The normalized spacial score (nSPS) is 9.83. The molecule has 1 aromatic heterocycles. The highest BCUT2D eigenvalue weighted by atomic mass is 35.5. The van der Waals surface area contributed by atoms with Crippen LogP contribution >= 0.6 is 11.6 Å². The number of anilines is 1. The molecule has 0 aliphatic rings. The largest absolute Gasteiger partial charge is 0.370 e. The predicted octanol–water partition coefficient (Wildman–Crippen LogP) is 3.24. The molecule has 0 saturated heterocycles. The number of benzene rings is 1. The predicted molar refractivity (Wildman–Crippen MR) is 72.5 cm³/mol. The van der Waals surface area contributed by atoms with E-state index in [1.54, 1.807) is 24.5 Å². The molecular formula is C14H12ClN3. The summed E-state index contributed by atoms with van der Waals surface area (Å²) in [6.45, 7) is 0.702. The van der Waals surface area contributed by atoms with E-state index < -0.39 is 0 Å². The standard InChI is InChI=1S/C14H12ClN3/c1-18(10-12-6-7-17-9-14(12)15)13-4-2-11(8-16)3-5-13/h2-7,9H,10H2,1H3. The number of rotatable bonds is 3. The molecule has 0 radical (unpaired) electrons. The Morgan fingerprint density at radius 2 is 2.00 bits per heavy atom. The van der Waals surface area contributed by atoms with Gasteiger partial charge in [0.1, 0.15) is 0 Å². The topological polar surface area (TPSA) is 39.9 Å². The van der Waals surface area contributed by atoms with Crippen LogP contribution in [-0.2, 0) is 6.54 Å². The van der Waals surface area contributed by atoms with Gasteiger partial charge in [-0.05, 0) is 35.9 Å². The van der Waals surface area contributed by atoms with Crippen molar-refractivity contribution in [3.05, 3.63) is 58.9 Å². The first kappa shape index (κ1) is 12.4. The molecule has 1 heterocycles. The number of hydrogen-bond acceptors (Lipinski definition) is 3. The van der Waals surface area contributed by atoms with E-state index in [2.05, 4.69) is 16.0 Å². The Labute approximate surface area is 111 Å². The molecule has 18 heavy (non-hydrogen) atoms. The monoisotopic (exact) mass is 257 g/mol. The second kappa shape index (κ2) is 5.52. The van der Waals surface area contributed by atoms with Crippen molar-refractivity contribution < 1.29 is 0 Å². The second-order valence-corrected chi connectivity index (χ2v) is 4.39. The maximum absolute atomic E-state index is 8.75. The molecule has 0 amide bonds. The van der Waals surface area contributed by atoms with Gasteiger partial charge in [0, 0.05) is 31.7 Å². The zero-order chi connectivity index (χ0) is 13.0. The fraction of sp³-hybridized carbons (Fsp3) is 0.143. The zero-order valence-corrected chi connectivity index (χ0v) is 10.7. The molecule has 1 aromatic carbocycles. The Kier molecular flexibility index (Phi) is 3.81. The summed E-state index contributed by atoms with van der Waals surface area (Å²) in [6, 6.07) is 11.5. The molecular weight excluding hydrogens is 246 g/mol. The lowest BCUT2D eigenvalue weighted by atomic mass is 10.2. The summed E-state index contributed by atoms with van der Waals surface area (Å²) in [5.41, 5.74) is 2.73. The minimum absolute atomic E-state index is 0.661. The maximum atomic E-state index is 8.75. The number of halogens is 1. The van der Waals surface area contributed by atoms with E-state index >= 15 is 0 Å². The van der Waals surface area contributed by atoms with Gasteiger partial charge < -0.3 is 4.90 Å². The van der Waals surface area contributed by atoms with Crippen molar-refractivity contribution >= 4 is 17.3 Å². The molecule has 3 nitrogen and oxygen atoms in total. The SMILES string of the molecule is CN(Cc1ccncc1Cl)c1ccc(C#N)cc1. The first-order valence-electron chi connectivity index (χ1n) is 5.50. The Bertz CT molecular complexity index is 572. The van der Waals surface area contributed by atoms with E-state index in [1.807, 2.05) is 25.2 Å². The number of hydrogen-bond donors (Lipinski definition) is 0. The highest BCUT2D eigenvalue weighted by Crippen LogP contribution is 2.20. The summed E-state index contributed by atoms with van der Waals surface area (Å²) < 4.78 is 0. The van der Waals surface area contributed by atoms with Gasteiger partial charge in [-0.15, -0.1) is 0 Å². The van der Waals surface area contributed by atoms with Gasteiger partial charge in [-0.2, -0.15) is 5.26 Å². The number of nitrogens with zero attached hydrogens (tertiary/aromatic N) is 3. The molecule has 0 bridgehead atoms. The molecule has 0 aliphatic carbocycles. The van der Waals surface area contributed by atoms with Gasteiger partial charge in [0.15, 0.2) is 0 Å². The second-order valence-electron chi connectivity index (χ2n) is 3.98. The number of pyridine rings is 1. The smallest absolute Gasteiger partial charge is 0.0991 e. The van der Waals surface area contributed by atoms with E-state index in [4.69, 9.17) is 16.9 Å². The van der Waals surface area contributed by atoms with Crippen molar-refractivity contribution in [2.75, 3.05) is 11.9 Å². The summed E-state index contributed by atoms with van der Waals surface area (Å²) in [5, 5.41) is 9.42. The molecule has 0 spiro atoms. The van der Waals surface area contributed by atoms with Crippen LogP contribution in [0.4, 0.5) is 5.69 Å². The molecule has 0 aliphatic heterocycles. The van der Waals surface area contributed by atoms with E-state index in [1.165, 1.54) is 0 Å². The van der Waals surface area contributed by atoms with Crippen LogP contribution in [0.15, 0.2) is 42.7 Å². The highest BCUT2D eigenvalue weighted by molar-refractivity contribution is 6.31. The van der Waals surface area contributed by atoms with Gasteiger partial charge in [-0.1, -0.05) is 11.6 Å². The molecule has 0 atom stereocenters. The van der Waals surface area contributed by atoms with Crippen LogP contribution < -0.4 is 4.90 Å². The van der Waals surface area contributed by atoms with E-state index in [9.17, 15) is 0 Å². The number of nitriles is 1. The molecule has 4 heteroatoms. The van der Waals surface area contributed by atoms with Crippen molar-refractivity contribution in [3.8, 4) is 6.07 Å². The first-order chi connectivity index (χ1) is 8.70. The number of aromatic nitrogens is 1.